The van der Waals surface area contributed by atoms with E-state index in [1.54, 1.807) is 11.7 Å². The molecule has 0 amide bonds. The van der Waals surface area contributed by atoms with Gasteiger partial charge in [0.15, 0.2) is 4.80 Å². The molecule has 0 saturated carbocycles. The van der Waals surface area contributed by atoms with Gasteiger partial charge in [-0.15, -0.1) is 0 Å². The number of aromatic nitrogens is 1. The molecule has 36 heavy (non-hydrogen) atoms. The highest BCUT2D eigenvalue weighted by Gasteiger charge is 2.22. The summed E-state index contributed by atoms with van der Waals surface area (Å²) in [6, 6.07) is 29.4. The van der Waals surface area contributed by atoms with Crippen molar-refractivity contribution in [1.29, 1.82) is 0 Å². The van der Waals surface area contributed by atoms with Crippen LogP contribution >= 0.6 is 22.9 Å². The van der Waals surface area contributed by atoms with Crippen molar-refractivity contribution < 1.29 is 4.74 Å². The Morgan fingerprint density at radius 3 is 2.47 bits per heavy atom. The fourth-order valence-electron chi connectivity index (χ4n) is 4.58. The van der Waals surface area contributed by atoms with Crippen molar-refractivity contribution in [3.05, 3.63) is 138 Å². The first-order valence-electron chi connectivity index (χ1n) is 11.5. The lowest BCUT2D eigenvalue weighted by Crippen LogP contribution is -2.36. The number of allylic oxidation sites excluding steroid dienone is 1. The van der Waals surface area contributed by atoms with Crippen molar-refractivity contribution in [2.24, 2.45) is 4.99 Å². The third-order valence-corrected chi connectivity index (χ3v) is 7.59. The molecule has 1 atom stereocenters. The van der Waals surface area contributed by atoms with Crippen LogP contribution in [-0.4, -0.2) is 11.7 Å². The second-order valence-electron chi connectivity index (χ2n) is 8.50. The highest BCUT2D eigenvalue weighted by atomic mass is 35.5. The van der Waals surface area contributed by atoms with Gasteiger partial charge in [-0.3, -0.25) is 9.36 Å². The molecule has 0 aliphatic carbocycles. The fourth-order valence-corrected chi connectivity index (χ4v) is 5.71. The minimum Gasteiger partial charge on any atom is -0.496 e. The summed E-state index contributed by atoms with van der Waals surface area (Å²) in [6.45, 7) is 0. The average molecular weight is 509 g/mol. The van der Waals surface area contributed by atoms with Crippen molar-refractivity contribution in [3.8, 4) is 5.75 Å². The van der Waals surface area contributed by atoms with Crippen molar-refractivity contribution in [2.45, 2.75) is 6.04 Å². The Kier molecular flexibility index (Phi) is 5.80. The Bertz CT molecular complexity index is 1800. The summed E-state index contributed by atoms with van der Waals surface area (Å²) < 4.78 is 8.03. The zero-order valence-electron chi connectivity index (χ0n) is 19.4. The lowest BCUT2D eigenvalue weighted by molar-refractivity contribution is 0.414. The number of methoxy groups -OCH3 is 1. The van der Waals surface area contributed by atoms with Crippen LogP contribution in [0.25, 0.3) is 22.5 Å². The summed E-state index contributed by atoms with van der Waals surface area (Å²) >= 11 is 7.55. The minimum absolute atomic E-state index is 0.0861. The number of hydrogen-bond acceptors (Lipinski definition) is 4. The monoisotopic (exact) mass is 508 g/mol. The normalized spacial score (nSPS) is 15.3. The quantitative estimate of drug-likeness (QED) is 0.307. The first-order valence-corrected chi connectivity index (χ1v) is 12.7. The van der Waals surface area contributed by atoms with Gasteiger partial charge in [0.1, 0.15) is 5.75 Å². The molecule has 6 rings (SSSR count). The Labute approximate surface area is 216 Å². The molecular formula is C30H21ClN2O2S. The molecule has 0 N–H and O–H groups in total. The third-order valence-electron chi connectivity index (χ3n) is 6.35. The van der Waals surface area contributed by atoms with Gasteiger partial charge in [-0.1, -0.05) is 95.7 Å². The smallest absolute Gasteiger partial charge is 0.271 e. The zero-order valence-corrected chi connectivity index (χ0v) is 21.0. The molecular weight excluding hydrogens is 488 g/mol. The summed E-state index contributed by atoms with van der Waals surface area (Å²) in [5.74, 6) is 0.721. The van der Waals surface area contributed by atoms with Crippen LogP contribution in [-0.2, 0) is 0 Å². The molecule has 0 radical (unpaired) electrons. The molecule has 0 saturated heterocycles. The number of halogens is 1. The van der Waals surface area contributed by atoms with E-state index < -0.39 is 0 Å². The predicted octanol–water partition coefficient (Wildman–Crippen LogP) is 5.82. The summed E-state index contributed by atoms with van der Waals surface area (Å²) in [5, 5.41) is 2.77. The molecule has 4 aromatic carbocycles. The van der Waals surface area contributed by atoms with E-state index in [1.165, 1.54) is 11.3 Å². The summed E-state index contributed by atoms with van der Waals surface area (Å²) in [4.78, 5) is 19.4. The van der Waals surface area contributed by atoms with Gasteiger partial charge in [-0.05, 0) is 52.3 Å². The van der Waals surface area contributed by atoms with Crippen molar-refractivity contribution in [1.82, 2.24) is 4.57 Å². The number of ether oxygens (including phenoxy) is 1. The molecule has 2 heterocycles. The second-order valence-corrected chi connectivity index (χ2v) is 9.94. The Balaban J connectivity index is 1.61. The highest BCUT2D eigenvalue weighted by Crippen LogP contribution is 2.30. The van der Waals surface area contributed by atoms with E-state index in [9.17, 15) is 4.79 Å². The molecule has 4 nitrogen and oxygen atoms in total. The van der Waals surface area contributed by atoms with Crippen LogP contribution in [0.1, 0.15) is 22.7 Å². The van der Waals surface area contributed by atoms with Crippen molar-refractivity contribution in [2.75, 3.05) is 7.11 Å². The molecule has 1 aliphatic heterocycles. The fraction of sp³-hybridized carbons (Fsp3) is 0.0667. The van der Waals surface area contributed by atoms with Gasteiger partial charge in [0.25, 0.3) is 5.56 Å². The first kappa shape index (κ1) is 22.5. The maximum atomic E-state index is 13.8. The van der Waals surface area contributed by atoms with Crippen molar-refractivity contribution in [3.63, 3.8) is 0 Å². The molecule has 1 aliphatic rings. The number of thiazole rings is 1. The number of hydrogen-bond donors (Lipinski definition) is 0. The van der Waals surface area contributed by atoms with E-state index in [2.05, 4.69) is 6.07 Å². The Morgan fingerprint density at radius 1 is 0.944 bits per heavy atom. The van der Waals surface area contributed by atoms with Gasteiger partial charge in [-0.25, -0.2) is 4.99 Å². The largest absolute Gasteiger partial charge is 0.496 e. The molecule has 5 aromatic rings. The van der Waals surface area contributed by atoms with E-state index in [-0.39, 0.29) is 11.6 Å². The van der Waals surface area contributed by atoms with Gasteiger partial charge < -0.3 is 4.74 Å². The minimum atomic E-state index is -0.301. The first-order chi connectivity index (χ1) is 17.6. The molecule has 6 heteroatoms. The number of benzene rings is 4. The predicted molar refractivity (Wildman–Crippen MR) is 147 cm³/mol. The summed E-state index contributed by atoms with van der Waals surface area (Å²) in [7, 11) is 1.65. The van der Waals surface area contributed by atoms with E-state index >= 15 is 0 Å². The lowest BCUT2D eigenvalue weighted by Gasteiger charge is -2.19. The van der Waals surface area contributed by atoms with Crippen LogP contribution in [0.15, 0.2) is 107 Å². The Morgan fingerprint density at radius 2 is 1.69 bits per heavy atom. The maximum Gasteiger partial charge on any atom is 0.271 e. The number of fused-ring (bicyclic) bond motifs is 2. The SMILES string of the molecule is COc1ccc2ccccc2c1C=c1sc2n(c1=O)C(c1ccc(Cl)cc1)C=C(c1ccccc1)N=2. The van der Waals surface area contributed by atoms with Crippen LogP contribution in [0.5, 0.6) is 5.75 Å². The molecule has 0 spiro atoms. The third kappa shape index (κ3) is 3.96. The maximum absolute atomic E-state index is 13.8. The summed E-state index contributed by atoms with van der Waals surface area (Å²) in [6.07, 6.45) is 3.97. The number of nitrogens with zero attached hydrogens (tertiary/aromatic N) is 2. The molecule has 1 aromatic heterocycles. The Hall–Kier alpha value is -3.93. The van der Waals surface area contributed by atoms with E-state index in [0.29, 0.717) is 14.4 Å². The molecule has 0 fully saturated rings. The molecule has 176 valence electrons. The van der Waals surface area contributed by atoms with Gasteiger partial charge in [0.05, 0.1) is 23.4 Å². The summed E-state index contributed by atoms with van der Waals surface area (Å²) in [5.41, 5.74) is 3.61. The van der Waals surface area contributed by atoms with Gasteiger partial charge >= 0.3 is 0 Å². The second kappa shape index (κ2) is 9.26. The van der Waals surface area contributed by atoms with Crippen LogP contribution in [0.4, 0.5) is 0 Å². The lowest BCUT2D eigenvalue weighted by atomic mass is 10.0. The van der Waals surface area contributed by atoms with E-state index in [1.807, 2.05) is 97.1 Å². The van der Waals surface area contributed by atoms with Crippen LogP contribution in [0.3, 0.4) is 0 Å². The van der Waals surface area contributed by atoms with Crippen LogP contribution in [0.2, 0.25) is 5.02 Å². The molecule has 0 bridgehead atoms. The molecule has 1 unspecified atom stereocenters. The van der Waals surface area contributed by atoms with Gasteiger partial charge in [0, 0.05) is 10.6 Å². The number of rotatable bonds is 4. The van der Waals surface area contributed by atoms with Crippen LogP contribution < -0.4 is 19.6 Å². The zero-order chi connectivity index (χ0) is 24.6. The van der Waals surface area contributed by atoms with Gasteiger partial charge in [0.2, 0.25) is 0 Å². The average Bonchev–Trinajstić information content (AvgIpc) is 3.24. The van der Waals surface area contributed by atoms with Gasteiger partial charge in [-0.2, -0.15) is 0 Å². The van der Waals surface area contributed by atoms with Crippen LogP contribution in [0, 0.1) is 0 Å². The highest BCUT2D eigenvalue weighted by molar-refractivity contribution is 7.07. The standard InChI is InChI=1S/C30H21ClN2O2S/c1-35-27-16-13-19-7-5-6-10-23(19)24(27)17-28-29(34)33-26(21-11-14-22(31)15-12-21)18-25(32-30(33)36-28)20-8-3-2-4-9-20/h2-18,26H,1H3. The topological polar surface area (TPSA) is 43.6 Å². The van der Waals surface area contributed by atoms with E-state index in [0.717, 1.165) is 38.9 Å². The van der Waals surface area contributed by atoms with Crippen molar-refractivity contribution >= 4 is 45.5 Å². The van der Waals surface area contributed by atoms with E-state index in [4.69, 9.17) is 21.3 Å².